The van der Waals surface area contributed by atoms with Crippen LogP contribution in [0.4, 0.5) is 8.78 Å². The van der Waals surface area contributed by atoms with Crippen molar-refractivity contribution in [2.24, 2.45) is 0 Å². The van der Waals surface area contributed by atoms with E-state index in [0.717, 1.165) is 6.07 Å². The van der Waals surface area contributed by atoms with E-state index in [4.69, 9.17) is 5.11 Å². The minimum absolute atomic E-state index is 0.164. The first-order valence-corrected chi connectivity index (χ1v) is 5.23. The molecule has 78 valence electrons. The highest BCUT2D eigenvalue weighted by molar-refractivity contribution is 7.10. The van der Waals surface area contributed by atoms with E-state index in [-0.39, 0.29) is 12.2 Å². The first-order valence-electron chi connectivity index (χ1n) is 4.35. The number of hydrogen-bond acceptors (Lipinski definition) is 2. The Morgan fingerprint density at radius 3 is 2.67 bits per heavy atom. The minimum atomic E-state index is -0.873. The molecule has 15 heavy (non-hydrogen) atoms. The largest absolute Gasteiger partial charge is 0.391 e. The normalized spacial score (nSPS) is 10.6. The number of aliphatic hydroxyl groups is 1. The average molecular weight is 226 g/mol. The molecule has 0 spiro atoms. The van der Waals surface area contributed by atoms with Gasteiger partial charge in [0.2, 0.25) is 0 Å². The molecule has 0 aliphatic rings. The van der Waals surface area contributed by atoms with Gasteiger partial charge in [-0.1, -0.05) is 12.1 Å². The lowest BCUT2D eigenvalue weighted by Crippen LogP contribution is -1.90. The van der Waals surface area contributed by atoms with E-state index in [0.29, 0.717) is 10.4 Å². The second kappa shape index (κ2) is 4.08. The lowest BCUT2D eigenvalue weighted by Gasteiger charge is -2.03. The van der Waals surface area contributed by atoms with Gasteiger partial charge in [-0.15, -0.1) is 11.3 Å². The molecule has 0 saturated heterocycles. The Balaban J connectivity index is 2.59. The van der Waals surface area contributed by atoms with Gasteiger partial charge in [-0.2, -0.15) is 0 Å². The van der Waals surface area contributed by atoms with Gasteiger partial charge < -0.3 is 5.11 Å². The van der Waals surface area contributed by atoms with E-state index in [1.165, 1.54) is 23.5 Å². The molecule has 2 aromatic rings. The number of aliphatic hydroxyl groups excluding tert-OH is 1. The zero-order valence-electron chi connectivity index (χ0n) is 7.71. The second-order valence-corrected chi connectivity index (χ2v) is 4.02. The fourth-order valence-electron chi connectivity index (χ4n) is 1.41. The SMILES string of the molecule is OCc1sccc1-c1cccc(F)c1F. The van der Waals surface area contributed by atoms with Gasteiger partial charge in [-0.25, -0.2) is 8.78 Å². The number of thiophene rings is 1. The van der Waals surface area contributed by atoms with Crippen LogP contribution in [0.25, 0.3) is 11.1 Å². The van der Waals surface area contributed by atoms with Crippen molar-refractivity contribution in [2.45, 2.75) is 6.61 Å². The predicted octanol–water partition coefficient (Wildman–Crippen LogP) is 3.19. The molecule has 0 aliphatic carbocycles. The van der Waals surface area contributed by atoms with Gasteiger partial charge >= 0.3 is 0 Å². The van der Waals surface area contributed by atoms with Gasteiger partial charge in [0.1, 0.15) is 0 Å². The third-order valence-corrected chi connectivity index (χ3v) is 3.04. The van der Waals surface area contributed by atoms with E-state index in [1.54, 1.807) is 11.4 Å². The highest BCUT2D eigenvalue weighted by atomic mass is 32.1. The van der Waals surface area contributed by atoms with Crippen LogP contribution in [0.2, 0.25) is 0 Å². The molecular formula is C11H8F2OS. The summed E-state index contributed by atoms with van der Waals surface area (Å²) in [6.45, 7) is -0.164. The van der Waals surface area contributed by atoms with E-state index >= 15 is 0 Å². The Labute approximate surface area is 89.6 Å². The number of rotatable bonds is 2. The van der Waals surface area contributed by atoms with Gasteiger partial charge in [0, 0.05) is 16.0 Å². The minimum Gasteiger partial charge on any atom is -0.391 e. The third kappa shape index (κ3) is 1.78. The van der Waals surface area contributed by atoms with Crippen molar-refractivity contribution in [3.05, 3.63) is 46.2 Å². The van der Waals surface area contributed by atoms with Crippen LogP contribution < -0.4 is 0 Å². The number of halogens is 2. The van der Waals surface area contributed by atoms with Gasteiger partial charge in [-0.05, 0) is 17.5 Å². The molecule has 0 unspecified atom stereocenters. The highest BCUT2D eigenvalue weighted by Gasteiger charge is 2.13. The summed E-state index contributed by atoms with van der Waals surface area (Å²) in [6.07, 6.45) is 0. The molecule has 1 aromatic heterocycles. The molecule has 0 fully saturated rings. The van der Waals surface area contributed by atoms with E-state index in [9.17, 15) is 8.78 Å². The maximum atomic E-state index is 13.4. The van der Waals surface area contributed by atoms with Gasteiger partial charge in [0.15, 0.2) is 11.6 Å². The van der Waals surface area contributed by atoms with Crippen LogP contribution in [0.5, 0.6) is 0 Å². The fraction of sp³-hybridized carbons (Fsp3) is 0.0909. The molecular weight excluding hydrogens is 218 g/mol. The Hall–Kier alpha value is -1.26. The molecule has 4 heteroatoms. The van der Waals surface area contributed by atoms with E-state index < -0.39 is 11.6 Å². The Bertz CT molecular complexity index is 479. The molecule has 0 atom stereocenters. The summed E-state index contributed by atoms with van der Waals surface area (Å²) in [5.41, 5.74) is 0.750. The quantitative estimate of drug-likeness (QED) is 0.833. The lowest BCUT2D eigenvalue weighted by molar-refractivity contribution is 0.286. The summed E-state index contributed by atoms with van der Waals surface area (Å²) in [7, 11) is 0. The number of hydrogen-bond donors (Lipinski definition) is 1. The molecule has 0 amide bonds. The summed E-state index contributed by atoms with van der Waals surface area (Å²) >= 11 is 1.32. The van der Waals surface area contributed by atoms with Crippen molar-refractivity contribution in [3.8, 4) is 11.1 Å². The molecule has 0 bridgehead atoms. The lowest BCUT2D eigenvalue weighted by atomic mass is 10.1. The molecule has 2 rings (SSSR count). The Kier molecular flexibility index (Phi) is 2.79. The van der Waals surface area contributed by atoms with E-state index in [2.05, 4.69) is 0 Å². The molecule has 0 saturated carbocycles. The Morgan fingerprint density at radius 2 is 1.93 bits per heavy atom. The number of benzene rings is 1. The zero-order chi connectivity index (χ0) is 10.8. The monoisotopic (exact) mass is 226 g/mol. The van der Waals surface area contributed by atoms with Crippen LogP contribution in [0.3, 0.4) is 0 Å². The topological polar surface area (TPSA) is 20.2 Å². The van der Waals surface area contributed by atoms with Crippen molar-refractivity contribution in [1.82, 2.24) is 0 Å². The molecule has 1 nitrogen and oxygen atoms in total. The second-order valence-electron chi connectivity index (χ2n) is 3.02. The zero-order valence-corrected chi connectivity index (χ0v) is 8.52. The maximum absolute atomic E-state index is 13.4. The summed E-state index contributed by atoms with van der Waals surface area (Å²) in [5, 5.41) is 10.8. The summed E-state index contributed by atoms with van der Waals surface area (Å²) < 4.78 is 26.4. The standard InChI is InChI=1S/C11H8F2OS/c12-9-3-1-2-8(11(9)13)7-4-5-15-10(7)6-14/h1-5,14H,6H2. The van der Waals surface area contributed by atoms with Crippen molar-refractivity contribution in [1.29, 1.82) is 0 Å². The van der Waals surface area contributed by atoms with Crippen molar-refractivity contribution in [3.63, 3.8) is 0 Å². The average Bonchev–Trinajstić information content (AvgIpc) is 2.70. The first kappa shape index (κ1) is 10.3. The van der Waals surface area contributed by atoms with Crippen LogP contribution in [0.1, 0.15) is 4.88 Å². The van der Waals surface area contributed by atoms with Crippen LogP contribution in [0.15, 0.2) is 29.6 Å². The first-order chi connectivity index (χ1) is 7.24. The van der Waals surface area contributed by atoms with Crippen molar-refractivity contribution in [2.75, 3.05) is 0 Å². The van der Waals surface area contributed by atoms with Crippen molar-refractivity contribution < 1.29 is 13.9 Å². The molecule has 1 N–H and O–H groups in total. The predicted molar refractivity (Wildman–Crippen MR) is 55.6 cm³/mol. The van der Waals surface area contributed by atoms with Gasteiger partial charge in [0.25, 0.3) is 0 Å². The van der Waals surface area contributed by atoms with Crippen LogP contribution in [-0.2, 0) is 6.61 Å². The Morgan fingerprint density at radius 1 is 1.13 bits per heavy atom. The summed E-state index contributed by atoms with van der Waals surface area (Å²) in [4.78, 5) is 0.638. The van der Waals surface area contributed by atoms with Crippen LogP contribution in [0, 0.1) is 11.6 Å². The van der Waals surface area contributed by atoms with Gasteiger partial charge in [0.05, 0.1) is 6.61 Å². The molecule has 1 heterocycles. The fourth-order valence-corrected chi connectivity index (χ4v) is 2.16. The highest BCUT2D eigenvalue weighted by Crippen LogP contribution is 2.30. The molecule has 0 radical (unpaired) electrons. The molecule has 1 aromatic carbocycles. The third-order valence-electron chi connectivity index (χ3n) is 2.13. The van der Waals surface area contributed by atoms with Gasteiger partial charge in [-0.3, -0.25) is 0 Å². The van der Waals surface area contributed by atoms with E-state index in [1.807, 2.05) is 0 Å². The molecule has 0 aliphatic heterocycles. The van der Waals surface area contributed by atoms with Crippen LogP contribution in [-0.4, -0.2) is 5.11 Å². The van der Waals surface area contributed by atoms with Crippen molar-refractivity contribution >= 4 is 11.3 Å². The summed E-state index contributed by atoms with van der Waals surface area (Å²) in [5.74, 6) is -1.74. The summed E-state index contributed by atoms with van der Waals surface area (Å²) in [6, 6.07) is 5.70. The van der Waals surface area contributed by atoms with Crippen LogP contribution >= 0.6 is 11.3 Å². The maximum Gasteiger partial charge on any atom is 0.166 e. The smallest absolute Gasteiger partial charge is 0.166 e.